The molecule has 1 nitrogen and oxygen atoms in total. The molecule has 1 heterocycles. The van der Waals surface area contributed by atoms with E-state index in [2.05, 4.69) is 61.8 Å². The summed E-state index contributed by atoms with van der Waals surface area (Å²) in [6.07, 6.45) is 2.16. The topological polar surface area (TPSA) is 9.23 Å². The lowest BCUT2D eigenvalue weighted by molar-refractivity contribution is 0.138. The van der Waals surface area contributed by atoms with Crippen LogP contribution in [0.15, 0.2) is 18.2 Å². The predicted octanol–water partition coefficient (Wildman–Crippen LogP) is 4.46. The smallest absolute Gasteiger partial charge is 0.123 e. The van der Waals surface area contributed by atoms with Crippen LogP contribution < -0.4 is 4.74 Å². The molecule has 0 aliphatic carbocycles. The molecular weight excluding hydrogens is 276 g/mol. The van der Waals surface area contributed by atoms with Gasteiger partial charge in [0.15, 0.2) is 0 Å². The quantitative estimate of drug-likeness (QED) is 0.748. The Balaban J connectivity index is 2.30. The van der Waals surface area contributed by atoms with Crippen LogP contribution in [0.5, 0.6) is 5.75 Å². The molecule has 17 heavy (non-hydrogen) atoms. The van der Waals surface area contributed by atoms with Crippen LogP contribution >= 0.6 is 15.9 Å². The van der Waals surface area contributed by atoms with Crippen molar-refractivity contribution in [2.24, 2.45) is 0 Å². The Morgan fingerprint density at radius 3 is 2.71 bits per heavy atom. The Morgan fingerprint density at radius 2 is 2.06 bits per heavy atom. The zero-order valence-corrected chi connectivity index (χ0v) is 12.7. The van der Waals surface area contributed by atoms with Gasteiger partial charge < -0.3 is 4.74 Å². The normalized spacial score (nSPS) is 17.7. The van der Waals surface area contributed by atoms with Gasteiger partial charge in [0.25, 0.3) is 0 Å². The Kier molecular flexibility index (Phi) is 3.28. The summed E-state index contributed by atoms with van der Waals surface area (Å²) in [6.45, 7) is 8.90. The van der Waals surface area contributed by atoms with Gasteiger partial charge in [0.1, 0.15) is 11.4 Å². The minimum absolute atomic E-state index is 0.0411. The summed E-state index contributed by atoms with van der Waals surface area (Å²) in [6, 6.07) is 6.67. The Labute approximate surface area is 113 Å². The maximum Gasteiger partial charge on any atom is 0.123 e. The van der Waals surface area contributed by atoms with Crippen LogP contribution in [0, 0.1) is 0 Å². The lowest BCUT2D eigenvalue weighted by Gasteiger charge is -2.24. The highest BCUT2D eigenvalue weighted by Crippen LogP contribution is 2.38. The van der Waals surface area contributed by atoms with Crippen LogP contribution in [-0.2, 0) is 11.8 Å². The highest BCUT2D eigenvalue weighted by atomic mass is 79.9. The maximum absolute atomic E-state index is 5.91. The summed E-state index contributed by atoms with van der Waals surface area (Å²) in [4.78, 5) is 0. The second-order valence-corrected chi connectivity index (χ2v) is 6.98. The minimum atomic E-state index is -0.0411. The summed E-state index contributed by atoms with van der Waals surface area (Å²) < 4.78 is 5.91. The summed E-state index contributed by atoms with van der Waals surface area (Å²) in [5.74, 6) is 1.06. The van der Waals surface area contributed by atoms with Crippen LogP contribution in [0.4, 0.5) is 0 Å². The van der Waals surface area contributed by atoms with Gasteiger partial charge >= 0.3 is 0 Å². The Morgan fingerprint density at radius 1 is 1.35 bits per heavy atom. The number of rotatable bonds is 3. The number of hydrogen-bond acceptors (Lipinski definition) is 1. The van der Waals surface area contributed by atoms with Crippen LogP contribution in [0.1, 0.15) is 45.2 Å². The fourth-order valence-corrected chi connectivity index (χ4v) is 3.40. The van der Waals surface area contributed by atoms with E-state index in [4.69, 9.17) is 4.74 Å². The molecule has 0 aromatic heterocycles. The Hall–Kier alpha value is -0.500. The van der Waals surface area contributed by atoms with Crippen LogP contribution in [0.3, 0.4) is 0 Å². The third-order valence-electron chi connectivity index (χ3n) is 3.56. The molecule has 0 spiro atoms. The zero-order chi connectivity index (χ0) is 12.7. The average molecular weight is 297 g/mol. The molecule has 2 heteroatoms. The van der Waals surface area contributed by atoms with Gasteiger partial charge in [-0.3, -0.25) is 0 Å². The van der Waals surface area contributed by atoms with E-state index < -0.39 is 0 Å². The lowest BCUT2D eigenvalue weighted by atomic mass is 9.81. The first kappa shape index (κ1) is 12.9. The molecule has 0 amide bonds. The van der Waals surface area contributed by atoms with E-state index in [1.165, 1.54) is 11.1 Å². The minimum Gasteiger partial charge on any atom is -0.487 e. The number of ether oxygens (including phenoxy) is 1. The number of halogens is 1. The largest absolute Gasteiger partial charge is 0.487 e. The molecule has 0 saturated heterocycles. The fourth-order valence-electron chi connectivity index (χ4n) is 2.41. The second kappa shape index (κ2) is 4.31. The van der Waals surface area contributed by atoms with Crippen molar-refractivity contribution in [3.8, 4) is 5.75 Å². The standard InChI is InChI=1S/C15H21BrO/c1-14(2,7-8-16)12-5-6-13-11(9-12)10-15(3,4)17-13/h5-6,9H,7-8,10H2,1-4H3. The molecule has 0 bridgehead atoms. The zero-order valence-electron chi connectivity index (χ0n) is 11.1. The van der Waals surface area contributed by atoms with Crippen molar-refractivity contribution in [2.75, 3.05) is 5.33 Å². The molecule has 1 aliphatic rings. The van der Waals surface area contributed by atoms with Gasteiger partial charge in [-0.25, -0.2) is 0 Å². The van der Waals surface area contributed by atoms with Gasteiger partial charge in [-0.15, -0.1) is 0 Å². The summed E-state index contributed by atoms with van der Waals surface area (Å²) in [7, 11) is 0. The predicted molar refractivity (Wildman–Crippen MR) is 76.3 cm³/mol. The van der Waals surface area contributed by atoms with Crippen molar-refractivity contribution in [2.45, 2.75) is 51.6 Å². The summed E-state index contributed by atoms with van der Waals surface area (Å²) in [5.41, 5.74) is 2.96. The van der Waals surface area contributed by atoms with Gasteiger partial charge in [-0.05, 0) is 42.9 Å². The van der Waals surface area contributed by atoms with Gasteiger partial charge in [-0.1, -0.05) is 41.9 Å². The second-order valence-electron chi connectivity index (χ2n) is 6.18. The lowest BCUT2D eigenvalue weighted by Crippen LogP contribution is -2.24. The van der Waals surface area contributed by atoms with Crippen molar-refractivity contribution >= 4 is 15.9 Å². The molecule has 0 saturated carbocycles. The summed E-state index contributed by atoms with van der Waals surface area (Å²) >= 11 is 3.54. The molecule has 1 aromatic carbocycles. The van der Waals surface area contributed by atoms with Crippen LogP contribution in [-0.4, -0.2) is 10.9 Å². The maximum atomic E-state index is 5.91. The average Bonchev–Trinajstić information content (AvgIpc) is 2.50. The van der Waals surface area contributed by atoms with Gasteiger partial charge in [0.2, 0.25) is 0 Å². The monoisotopic (exact) mass is 296 g/mol. The third-order valence-corrected chi connectivity index (χ3v) is 3.96. The van der Waals surface area contributed by atoms with E-state index in [9.17, 15) is 0 Å². The third kappa shape index (κ3) is 2.67. The number of alkyl halides is 1. The molecule has 0 radical (unpaired) electrons. The molecule has 0 unspecified atom stereocenters. The van der Waals surface area contributed by atoms with Crippen molar-refractivity contribution in [1.82, 2.24) is 0 Å². The molecule has 0 fully saturated rings. The van der Waals surface area contributed by atoms with E-state index in [-0.39, 0.29) is 11.0 Å². The van der Waals surface area contributed by atoms with E-state index >= 15 is 0 Å². The molecular formula is C15H21BrO. The molecule has 1 aromatic rings. The van der Waals surface area contributed by atoms with Crippen molar-refractivity contribution in [3.63, 3.8) is 0 Å². The molecule has 2 rings (SSSR count). The van der Waals surface area contributed by atoms with Gasteiger partial charge in [0, 0.05) is 11.8 Å². The molecule has 1 aliphatic heterocycles. The molecule has 0 N–H and O–H groups in total. The van der Waals surface area contributed by atoms with Crippen molar-refractivity contribution < 1.29 is 4.74 Å². The van der Waals surface area contributed by atoms with Crippen molar-refractivity contribution in [1.29, 1.82) is 0 Å². The first-order chi connectivity index (χ1) is 7.84. The molecule has 0 atom stereocenters. The first-order valence-corrected chi connectivity index (χ1v) is 7.35. The number of benzene rings is 1. The van der Waals surface area contributed by atoms with Gasteiger partial charge in [-0.2, -0.15) is 0 Å². The first-order valence-electron chi connectivity index (χ1n) is 6.22. The fraction of sp³-hybridized carbons (Fsp3) is 0.600. The highest BCUT2D eigenvalue weighted by Gasteiger charge is 2.31. The van der Waals surface area contributed by atoms with Crippen LogP contribution in [0.2, 0.25) is 0 Å². The number of hydrogen-bond donors (Lipinski definition) is 0. The molecule has 94 valence electrons. The van der Waals surface area contributed by atoms with E-state index in [0.717, 1.165) is 23.9 Å². The Bertz CT molecular complexity index is 421. The highest BCUT2D eigenvalue weighted by molar-refractivity contribution is 9.09. The van der Waals surface area contributed by atoms with Gasteiger partial charge in [0.05, 0.1) is 0 Å². The number of fused-ring (bicyclic) bond motifs is 1. The van der Waals surface area contributed by atoms with E-state index in [1.807, 2.05) is 0 Å². The van der Waals surface area contributed by atoms with E-state index in [1.54, 1.807) is 0 Å². The SMILES string of the molecule is CC1(C)Cc2cc(C(C)(C)CCBr)ccc2O1. The van der Waals surface area contributed by atoms with Crippen molar-refractivity contribution in [3.05, 3.63) is 29.3 Å². The summed E-state index contributed by atoms with van der Waals surface area (Å²) in [5, 5.41) is 1.04. The van der Waals surface area contributed by atoms with Crippen LogP contribution in [0.25, 0.3) is 0 Å². The van der Waals surface area contributed by atoms with E-state index in [0.29, 0.717) is 0 Å².